The summed E-state index contributed by atoms with van der Waals surface area (Å²) in [5, 5.41) is 4.25. The maximum Gasteiger partial charge on any atom is 0.224 e. The molecule has 0 bridgehead atoms. The first-order chi connectivity index (χ1) is 11.4. The number of rotatable bonds is 4. The summed E-state index contributed by atoms with van der Waals surface area (Å²) in [5.41, 5.74) is 6.15. The van der Waals surface area contributed by atoms with E-state index in [1.807, 2.05) is 0 Å². The number of benzene rings is 1. The van der Waals surface area contributed by atoms with Gasteiger partial charge in [-0.3, -0.25) is 4.79 Å². The molecule has 2 heterocycles. The Labute approximate surface area is 138 Å². The second-order valence-electron chi connectivity index (χ2n) is 6.02. The normalized spacial score (nSPS) is 15.2. The molecule has 128 valence electrons. The molecule has 1 aromatic carbocycles. The third-order valence-electron chi connectivity index (χ3n) is 4.05. The summed E-state index contributed by atoms with van der Waals surface area (Å²) in [7, 11) is 0. The largest absolute Gasteiger partial charge is 0.333 e. The highest BCUT2D eigenvalue weighted by molar-refractivity contribution is 5.76. The summed E-state index contributed by atoms with van der Waals surface area (Å²) in [6.07, 6.45) is 0.182. The molecular formula is C16H19F2N5O. The number of hydrogen-bond donors (Lipinski definition) is 1. The van der Waals surface area contributed by atoms with Crippen molar-refractivity contribution in [3.05, 3.63) is 47.0 Å². The predicted octanol–water partition coefficient (Wildman–Crippen LogP) is 1.17. The molecule has 6 nitrogen and oxygen atoms in total. The van der Waals surface area contributed by atoms with Gasteiger partial charge in [-0.05, 0) is 37.1 Å². The van der Waals surface area contributed by atoms with E-state index in [4.69, 9.17) is 5.73 Å². The first-order valence-corrected chi connectivity index (χ1v) is 7.80. The van der Waals surface area contributed by atoms with Gasteiger partial charge in [0.05, 0.1) is 13.1 Å². The van der Waals surface area contributed by atoms with Gasteiger partial charge in [-0.15, -0.1) is 0 Å². The van der Waals surface area contributed by atoms with Gasteiger partial charge in [-0.25, -0.2) is 18.4 Å². The summed E-state index contributed by atoms with van der Waals surface area (Å²) in [6, 6.07) is 2.67. The summed E-state index contributed by atoms with van der Waals surface area (Å²) < 4.78 is 28.6. The van der Waals surface area contributed by atoms with Crippen molar-refractivity contribution < 1.29 is 13.6 Å². The van der Waals surface area contributed by atoms with E-state index in [-0.39, 0.29) is 24.3 Å². The lowest BCUT2D eigenvalue weighted by molar-refractivity contribution is -0.133. The van der Waals surface area contributed by atoms with Crippen LogP contribution in [-0.4, -0.2) is 38.2 Å². The Kier molecular flexibility index (Phi) is 4.57. The quantitative estimate of drug-likeness (QED) is 0.910. The van der Waals surface area contributed by atoms with Crippen molar-refractivity contribution in [2.45, 2.75) is 38.9 Å². The Hall–Kier alpha value is -2.35. The first-order valence-electron chi connectivity index (χ1n) is 7.80. The Balaban J connectivity index is 1.59. The van der Waals surface area contributed by atoms with Gasteiger partial charge in [0.25, 0.3) is 0 Å². The summed E-state index contributed by atoms with van der Waals surface area (Å²) in [4.78, 5) is 18.3. The van der Waals surface area contributed by atoms with E-state index in [9.17, 15) is 13.6 Å². The lowest BCUT2D eigenvalue weighted by Gasteiger charge is -2.27. The zero-order valence-corrected chi connectivity index (χ0v) is 13.4. The van der Waals surface area contributed by atoms with Gasteiger partial charge in [-0.2, -0.15) is 5.10 Å². The van der Waals surface area contributed by atoms with E-state index in [0.29, 0.717) is 25.5 Å². The number of nitrogens with two attached hydrogens (primary N) is 1. The molecule has 0 saturated carbocycles. The van der Waals surface area contributed by atoms with Gasteiger partial charge >= 0.3 is 0 Å². The number of halogens is 2. The van der Waals surface area contributed by atoms with Gasteiger partial charge in [0, 0.05) is 19.0 Å². The molecule has 0 unspecified atom stereocenters. The van der Waals surface area contributed by atoms with Gasteiger partial charge in [0.15, 0.2) is 0 Å². The molecule has 8 heteroatoms. The number of nitrogens with zero attached hydrogens (tertiary/aromatic N) is 4. The fourth-order valence-corrected chi connectivity index (χ4v) is 2.88. The molecule has 0 aliphatic carbocycles. The Bertz CT molecular complexity index is 761. The lowest BCUT2D eigenvalue weighted by Crippen LogP contribution is -2.41. The Morgan fingerprint density at radius 2 is 2.17 bits per heavy atom. The van der Waals surface area contributed by atoms with Crippen LogP contribution in [0.4, 0.5) is 8.78 Å². The minimum absolute atomic E-state index is 0.0725. The average Bonchev–Trinajstić information content (AvgIpc) is 2.89. The number of aryl methyl sites for hydroxylation is 1. The fourth-order valence-electron chi connectivity index (χ4n) is 2.88. The Morgan fingerprint density at radius 1 is 1.38 bits per heavy atom. The van der Waals surface area contributed by atoms with Crippen LogP contribution in [0.5, 0.6) is 0 Å². The molecule has 1 aliphatic heterocycles. The maximum absolute atomic E-state index is 13.7. The minimum Gasteiger partial charge on any atom is -0.333 e. The number of aromatic nitrogens is 3. The molecule has 1 aliphatic rings. The van der Waals surface area contributed by atoms with E-state index >= 15 is 0 Å². The van der Waals surface area contributed by atoms with Crippen molar-refractivity contribution in [1.29, 1.82) is 0 Å². The van der Waals surface area contributed by atoms with Crippen LogP contribution in [0, 0.1) is 18.6 Å². The lowest BCUT2D eigenvalue weighted by atomic mass is 10.0. The van der Waals surface area contributed by atoms with Crippen LogP contribution in [0.1, 0.15) is 23.6 Å². The number of carbonyl (C=O) groups excluding carboxylic acids is 1. The number of hydrogen-bond acceptors (Lipinski definition) is 4. The third-order valence-corrected chi connectivity index (χ3v) is 4.05. The highest BCUT2D eigenvalue weighted by Crippen LogP contribution is 2.15. The van der Waals surface area contributed by atoms with Gasteiger partial charge in [-0.1, -0.05) is 0 Å². The smallest absolute Gasteiger partial charge is 0.224 e. The molecule has 1 atom stereocenters. The van der Waals surface area contributed by atoms with Crippen molar-refractivity contribution in [1.82, 2.24) is 19.7 Å². The van der Waals surface area contributed by atoms with Crippen LogP contribution in [0.3, 0.4) is 0 Å². The Morgan fingerprint density at radius 3 is 2.96 bits per heavy atom. The molecule has 2 N–H and O–H groups in total. The van der Waals surface area contributed by atoms with Crippen molar-refractivity contribution >= 4 is 5.91 Å². The molecule has 0 radical (unpaired) electrons. The van der Waals surface area contributed by atoms with Crippen molar-refractivity contribution in [2.24, 2.45) is 5.73 Å². The molecule has 2 aromatic rings. The molecule has 0 fully saturated rings. The molecule has 0 saturated heterocycles. The van der Waals surface area contributed by atoms with Crippen molar-refractivity contribution in [3.8, 4) is 0 Å². The topological polar surface area (TPSA) is 77.0 Å². The molecule has 1 aromatic heterocycles. The van der Waals surface area contributed by atoms with Crippen LogP contribution in [0.2, 0.25) is 0 Å². The fraction of sp³-hybridized carbons (Fsp3) is 0.438. The second kappa shape index (κ2) is 6.64. The first kappa shape index (κ1) is 16.5. The molecule has 24 heavy (non-hydrogen) atoms. The summed E-state index contributed by atoms with van der Waals surface area (Å²) >= 11 is 0. The standard InChI is InChI=1S/C16H19F2N5O/c1-10-20-15-9-22(4-5-23(15)21-10)16(24)8-13(19)7-11-6-12(17)2-3-14(11)18/h2-3,6,13H,4-5,7-9,19H2,1H3/t13-/m1/s1. The van der Waals surface area contributed by atoms with Crippen molar-refractivity contribution in [3.63, 3.8) is 0 Å². The zero-order valence-electron chi connectivity index (χ0n) is 13.4. The van der Waals surface area contributed by atoms with E-state index in [2.05, 4.69) is 10.1 Å². The zero-order chi connectivity index (χ0) is 17.3. The van der Waals surface area contributed by atoms with Gasteiger partial charge in [0.2, 0.25) is 5.91 Å². The average molecular weight is 335 g/mol. The van der Waals surface area contributed by atoms with Crippen molar-refractivity contribution in [2.75, 3.05) is 6.54 Å². The predicted molar refractivity (Wildman–Crippen MR) is 82.8 cm³/mol. The van der Waals surface area contributed by atoms with E-state index < -0.39 is 17.7 Å². The maximum atomic E-state index is 13.7. The number of carbonyl (C=O) groups is 1. The van der Waals surface area contributed by atoms with Gasteiger partial charge in [0.1, 0.15) is 23.3 Å². The third kappa shape index (κ3) is 3.59. The molecule has 0 spiro atoms. The molecule has 3 rings (SSSR count). The number of fused-ring (bicyclic) bond motifs is 1. The monoisotopic (exact) mass is 335 g/mol. The number of amides is 1. The van der Waals surface area contributed by atoms with Crippen LogP contribution in [-0.2, 0) is 24.3 Å². The summed E-state index contributed by atoms with van der Waals surface area (Å²) in [6.45, 7) is 3.33. The molecule has 1 amide bonds. The summed E-state index contributed by atoms with van der Waals surface area (Å²) in [5.74, 6) is 0.275. The van der Waals surface area contributed by atoms with E-state index in [1.165, 1.54) is 0 Å². The van der Waals surface area contributed by atoms with Crippen LogP contribution >= 0.6 is 0 Å². The highest BCUT2D eigenvalue weighted by atomic mass is 19.1. The molecular weight excluding hydrogens is 316 g/mol. The van der Waals surface area contributed by atoms with E-state index in [1.54, 1.807) is 16.5 Å². The van der Waals surface area contributed by atoms with Gasteiger partial charge < -0.3 is 10.6 Å². The van der Waals surface area contributed by atoms with E-state index in [0.717, 1.165) is 24.0 Å². The van der Waals surface area contributed by atoms with Crippen LogP contribution in [0.25, 0.3) is 0 Å². The van der Waals surface area contributed by atoms with Crippen LogP contribution in [0.15, 0.2) is 18.2 Å². The second-order valence-corrected chi connectivity index (χ2v) is 6.02. The minimum atomic E-state index is -0.574. The van der Waals surface area contributed by atoms with Crippen LogP contribution < -0.4 is 5.73 Å². The highest BCUT2D eigenvalue weighted by Gasteiger charge is 2.24. The SMILES string of the molecule is Cc1nc2n(n1)CCN(C(=O)C[C@H](N)Cc1cc(F)ccc1F)C2.